The fraction of sp³-hybridized carbons (Fsp3) is 0.263. The van der Waals surface area contributed by atoms with Crippen molar-refractivity contribution in [3.05, 3.63) is 65.7 Å². The van der Waals surface area contributed by atoms with Gasteiger partial charge in [0.25, 0.3) is 0 Å². The zero-order valence-corrected chi connectivity index (χ0v) is 12.2. The van der Waals surface area contributed by atoms with Gasteiger partial charge in [-0.2, -0.15) is 0 Å². The van der Waals surface area contributed by atoms with Crippen LogP contribution in [0.3, 0.4) is 0 Å². The number of hydrogen-bond acceptors (Lipinski definition) is 0. The first-order chi connectivity index (χ1) is 9.17. The summed E-state index contributed by atoms with van der Waals surface area (Å²) in [5.74, 6) is 0. The maximum Gasteiger partial charge on any atom is -0.00132 e. The minimum Gasteiger partial charge on any atom is -0.0955 e. The van der Waals surface area contributed by atoms with Crippen LogP contribution in [0.2, 0.25) is 0 Å². The number of allylic oxidation sites excluding steroid dienone is 1. The molecule has 1 aliphatic rings. The quantitative estimate of drug-likeness (QED) is 0.519. The van der Waals surface area contributed by atoms with Gasteiger partial charge in [-0.1, -0.05) is 74.9 Å². The molecular weight excluding hydrogens is 228 g/mol. The molecule has 19 heavy (non-hydrogen) atoms. The van der Waals surface area contributed by atoms with E-state index < -0.39 is 0 Å². The highest BCUT2D eigenvalue weighted by Gasteiger charge is 2.17. The Morgan fingerprint density at radius 1 is 1.00 bits per heavy atom. The van der Waals surface area contributed by atoms with E-state index in [2.05, 4.69) is 69.8 Å². The predicted octanol–water partition coefficient (Wildman–Crippen LogP) is 5.71. The molecule has 0 bridgehead atoms. The molecule has 0 heteroatoms. The summed E-state index contributed by atoms with van der Waals surface area (Å²) >= 11 is 0. The molecule has 0 aromatic heterocycles. The van der Waals surface area contributed by atoms with Crippen molar-refractivity contribution in [3.63, 3.8) is 0 Å². The number of hydrogen-bond donors (Lipinski definition) is 0. The van der Waals surface area contributed by atoms with Gasteiger partial charge in [-0.3, -0.25) is 0 Å². The molecule has 1 aliphatic carbocycles. The maximum absolute atomic E-state index is 4.00. The molecule has 2 aromatic rings. The van der Waals surface area contributed by atoms with Gasteiger partial charge < -0.3 is 0 Å². The Morgan fingerprint density at radius 2 is 1.63 bits per heavy atom. The molecular formula is C19H22. The summed E-state index contributed by atoms with van der Waals surface area (Å²) in [6.07, 6.45) is 2.31. The highest BCUT2D eigenvalue weighted by molar-refractivity contribution is 5.79. The fourth-order valence-corrected chi connectivity index (χ4v) is 2.41. The van der Waals surface area contributed by atoms with E-state index in [9.17, 15) is 0 Å². The van der Waals surface area contributed by atoms with Crippen LogP contribution < -0.4 is 0 Å². The third-order valence-electron chi connectivity index (χ3n) is 3.29. The molecule has 0 saturated heterocycles. The van der Waals surface area contributed by atoms with E-state index in [1.165, 1.54) is 34.2 Å². The Kier molecular flexibility index (Phi) is 4.21. The number of benzene rings is 2. The summed E-state index contributed by atoms with van der Waals surface area (Å²) in [7, 11) is 0. The van der Waals surface area contributed by atoms with Crippen molar-refractivity contribution in [2.75, 3.05) is 0 Å². The molecule has 0 radical (unpaired) electrons. The van der Waals surface area contributed by atoms with Gasteiger partial charge in [0.15, 0.2) is 0 Å². The zero-order valence-electron chi connectivity index (χ0n) is 12.2. The summed E-state index contributed by atoms with van der Waals surface area (Å²) in [5.41, 5.74) is 8.05. The third-order valence-corrected chi connectivity index (χ3v) is 3.29. The van der Waals surface area contributed by atoms with Crippen LogP contribution >= 0.6 is 0 Å². The Balaban J connectivity index is 0.000000408. The van der Waals surface area contributed by atoms with E-state index in [1.54, 1.807) is 0 Å². The molecule has 0 fully saturated rings. The van der Waals surface area contributed by atoms with Crippen molar-refractivity contribution in [1.82, 2.24) is 0 Å². The highest BCUT2D eigenvalue weighted by atomic mass is 14.2. The summed E-state index contributed by atoms with van der Waals surface area (Å²) in [6.45, 7) is 10.3. The van der Waals surface area contributed by atoms with Crippen LogP contribution in [0.1, 0.15) is 43.9 Å². The average Bonchev–Trinajstić information content (AvgIpc) is 2.77. The van der Waals surface area contributed by atoms with Crippen LogP contribution in [0.4, 0.5) is 0 Å². The average molecular weight is 250 g/mol. The van der Waals surface area contributed by atoms with Gasteiger partial charge in [-0.05, 0) is 41.2 Å². The van der Waals surface area contributed by atoms with Crippen LogP contribution in [-0.2, 0) is 6.42 Å². The van der Waals surface area contributed by atoms with Gasteiger partial charge >= 0.3 is 0 Å². The largest absolute Gasteiger partial charge is 0.0955 e. The second-order valence-corrected chi connectivity index (χ2v) is 5.19. The van der Waals surface area contributed by atoms with Crippen molar-refractivity contribution in [1.29, 1.82) is 0 Å². The fourth-order valence-electron chi connectivity index (χ4n) is 2.41. The van der Waals surface area contributed by atoms with Gasteiger partial charge in [-0.25, -0.2) is 0 Å². The van der Waals surface area contributed by atoms with Gasteiger partial charge in [-0.15, -0.1) is 0 Å². The van der Waals surface area contributed by atoms with E-state index in [0.29, 0.717) is 0 Å². The summed E-state index contributed by atoms with van der Waals surface area (Å²) in [4.78, 5) is 0. The van der Waals surface area contributed by atoms with Gasteiger partial charge in [0, 0.05) is 0 Å². The summed E-state index contributed by atoms with van der Waals surface area (Å²) in [6, 6.07) is 15.3. The lowest BCUT2D eigenvalue weighted by Gasteiger charge is -2.04. The molecule has 0 atom stereocenters. The normalized spacial score (nSPS) is 11.1. The second kappa shape index (κ2) is 5.88. The molecule has 0 nitrogen and oxygen atoms in total. The van der Waals surface area contributed by atoms with Gasteiger partial charge in [0.05, 0.1) is 0 Å². The molecule has 0 amide bonds. The Bertz CT molecular complexity index is 591. The van der Waals surface area contributed by atoms with Gasteiger partial charge in [0.1, 0.15) is 0 Å². The molecule has 0 aliphatic heterocycles. The molecule has 0 spiro atoms. The van der Waals surface area contributed by atoms with Crippen LogP contribution in [-0.4, -0.2) is 0 Å². The minimum absolute atomic E-state index is 1.06. The summed E-state index contributed by atoms with van der Waals surface area (Å²) in [5, 5.41) is 0. The number of rotatable bonds is 1. The highest BCUT2D eigenvalue weighted by Crippen LogP contribution is 2.37. The molecule has 0 heterocycles. The van der Waals surface area contributed by atoms with Crippen LogP contribution in [0.25, 0.3) is 16.7 Å². The summed E-state index contributed by atoms with van der Waals surface area (Å²) < 4.78 is 0. The van der Waals surface area contributed by atoms with Crippen molar-refractivity contribution in [2.45, 2.75) is 33.6 Å². The van der Waals surface area contributed by atoms with Crippen LogP contribution in [0.15, 0.2) is 49.0 Å². The van der Waals surface area contributed by atoms with E-state index in [4.69, 9.17) is 0 Å². The molecule has 0 N–H and O–H groups in total. The lowest BCUT2D eigenvalue weighted by molar-refractivity contribution is 1.09. The standard InChI is InChI=1S/C16H14.C3H8/c1-11(2)12-7-8-16-14(9-12)10-13-5-3-4-6-15(13)16;1-3-2/h3-9H,1,10H2,2H3;3H2,1-2H3. The SMILES string of the molecule is C=C(C)c1ccc2c(c1)Cc1ccccc1-2.CCC. The Labute approximate surface area is 116 Å². The lowest BCUT2D eigenvalue weighted by Crippen LogP contribution is -1.84. The molecule has 0 saturated carbocycles. The molecule has 98 valence electrons. The first kappa shape index (κ1) is 13.6. The monoisotopic (exact) mass is 250 g/mol. The van der Waals surface area contributed by atoms with E-state index >= 15 is 0 Å². The first-order valence-electron chi connectivity index (χ1n) is 7.04. The van der Waals surface area contributed by atoms with Crippen LogP contribution in [0.5, 0.6) is 0 Å². The lowest BCUT2D eigenvalue weighted by atomic mass is 10.0. The second-order valence-electron chi connectivity index (χ2n) is 5.19. The molecule has 0 unspecified atom stereocenters. The van der Waals surface area contributed by atoms with Crippen molar-refractivity contribution in [2.24, 2.45) is 0 Å². The zero-order chi connectivity index (χ0) is 13.8. The Morgan fingerprint density at radius 3 is 2.32 bits per heavy atom. The van der Waals surface area contributed by atoms with Crippen molar-refractivity contribution in [3.8, 4) is 11.1 Å². The topological polar surface area (TPSA) is 0 Å². The number of fused-ring (bicyclic) bond motifs is 3. The van der Waals surface area contributed by atoms with Crippen molar-refractivity contribution >= 4 is 5.57 Å². The third kappa shape index (κ3) is 2.78. The predicted molar refractivity (Wildman–Crippen MR) is 85.4 cm³/mol. The van der Waals surface area contributed by atoms with Crippen molar-refractivity contribution < 1.29 is 0 Å². The molecule has 2 aromatic carbocycles. The van der Waals surface area contributed by atoms with E-state index in [-0.39, 0.29) is 0 Å². The molecule has 3 rings (SSSR count). The van der Waals surface area contributed by atoms with E-state index in [1.807, 2.05) is 0 Å². The minimum atomic E-state index is 1.06. The Hall–Kier alpha value is -1.82. The smallest absolute Gasteiger partial charge is 0.00132 e. The maximum atomic E-state index is 4.00. The van der Waals surface area contributed by atoms with Gasteiger partial charge in [0.2, 0.25) is 0 Å². The first-order valence-corrected chi connectivity index (χ1v) is 7.04. The van der Waals surface area contributed by atoms with Crippen LogP contribution in [0, 0.1) is 0 Å². The van der Waals surface area contributed by atoms with E-state index in [0.717, 1.165) is 12.0 Å².